The van der Waals surface area contributed by atoms with E-state index in [4.69, 9.17) is 0 Å². The molecular weight excluding hydrogens is 280 g/mol. The number of rotatable bonds is 8. The fraction of sp³-hybridized carbons (Fsp3) is 0.571. The number of aliphatic hydroxyl groups is 6. The van der Waals surface area contributed by atoms with Gasteiger partial charge in [0, 0.05) is 13.5 Å². The molecule has 0 fully saturated rings. The van der Waals surface area contributed by atoms with Crippen molar-refractivity contribution in [2.75, 3.05) is 7.11 Å². The van der Waals surface area contributed by atoms with Gasteiger partial charge in [-0.3, -0.25) is 0 Å². The van der Waals surface area contributed by atoms with Gasteiger partial charge in [-0.2, -0.15) is 0 Å². The van der Waals surface area contributed by atoms with E-state index in [-0.39, 0.29) is 6.42 Å². The van der Waals surface area contributed by atoms with Crippen molar-refractivity contribution in [1.29, 1.82) is 0 Å². The molecule has 120 valence electrons. The van der Waals surface area contributed by atoms with Crippen LogP contribution in [0.25, 0.3) is 0 Å². The monoisotopic (exact) mass is 302 g/mol. The normalized spacial score (nSPS) is 20.3. The fourth-order valence-electron chi connectivity index (χ4n) is 1.92. The van der Waals surface area contributed by atoms with E-state index in [1.807, 2.05) is 0 Å². The van der Waals surface area contributed by atoms with Crippen LogP contribution in [-0.4, -0.2) is 74.6 Å². The van der Waals surface area contributed by atoms with Crippen molar-refractivity contribution in [3.63, 3.8) is 0 Å². The van der Waals surface area contributed by atoms with Crippen molar-refractivity contribution < 1.29 is 35.4 Å². The lowest BCUT2D eigenvalue weighted by molar-refractivity contribution is -0.205. The highest BCUT2D eigenvalue weighted by molar-refractivity contribution is 5.15. The van der Waals surface area contributed by atoms with E-state index in [0.29, 0.717) is 0 Å². The Morgan fingerprint density at radius 2 is 1.33 bits per heavy atom. The van der Waals surface area contributed by atoms with Gasteiger partial charge in [0.2, 0.25) is 0 Å². The van der Waals surface area contributed by atoms with E-state index in [1.165, 1.54) is 0 Å². The zero-order chi connectivity index (χ0) is 16.0. The molecule has 0 bridgehead atoms. The fourth-order valence-corrected chi connectivity index (χ4v) is 1.92. The summed E-state index contributed by atoms with van der Waals surface area (Å²) in [6, 6.07) is 8.80. The Kier molecular flexibility index (Phi) is 7.20. The first-order chi connectivity index (χ1) is 9.88. The Labute approximate surface area is 122 Å². The van der Waals surface area contributed by atoms with Gasteiger partial charge in [-0.15, -0.1) is 0 Å². The Hall–Kier alpha value is -1.06. The number of methoxy groups -OCH3 is 1. The molecule has 0 saturated carbocycles. The van der Waals surface area contributed by atoms with Crippen LogP contribution in [0.2, 0.25) is 0 Å². The molecule has 0 aliphatic rings. The molecule has 0 aliphatic heterocycles. The highest BCUT2D eigenvalue weighted by atomic mass is 16.6. The van der Waals surface area contributed by atoms with E-state index >= 15 is 0 Å². The second-order valence-corrected chi connectivity index (χ2v) is 4.85. The van der Waals surface area contributed by atoms with Crippen LogP contribution in [0, 0.1) is 0 Å². The summed E-state index contributed by atoms with van der Waals surface area (Å²) in [6.45, 7) is 0. The lowest BCUT2D eigenvalue weighted by Gasteiger charge is -2.30. The predicted molar refractivity (Wildman–Crippen MR) is 73.2 cm³/mol. The Balaban J connectivity index is 2.62. The molecule has 1 aromatic rings. The number of benzene rings is 1. The van der Waals surface area contributed by atoms with Gasteiger partial charge in [0.05, 0.1) is 6.10 Å². The molecular formula is C14H22O7. The van der Waals surface area contributed by atoms with Crippen LogP contribution in [0.3, 0.4) is 0 Å². The van der Waals surface area contributed by atoms with Crippen LogP contribution in [0.1, 0.15) is 5.56 Å². The Morgan fingerprint density at radius 3 is 1.86 bits per heavy atom. The summed E-state index contributed by atoms with van der Waals surface area (Å²) in [5.74, 6) is 0. The van der Waals surface area contributed by atoms with Crippen LogP contribution >= 0.6 is 0 Å². The molecule has 7 heteroatoms. The van der Waals surface area contributed by atoms with Gasteiger partial charge in [-0.1, -0.05) is 30.3 Å². The first-order valence-electron chi connectivity index (χ1n) is 6.53. The lowest BCUT2D eigenvalue weighted by Crippen LogP contribution is -2.52. The number of aliphatic hydroxyl groups excluding tert-OH is 6. The third kappa shape index (κ3) is 5.01. The second-order valence-electron chi connectivity index (χ2n) is 4.85. The molecule has 21 heavy (non-hydrogen) atoms. The van der Waals surface area contributed by atoms with Crippen molar-refractivity contribution in [3.05, 3.63) is 35.9 Å². The molecule has 0 heterocycles. The van der Waals surface area contributed by atoms with Gasteiger partial charge in [0.1, 0.15) is 24.4 Å². The SMILES string of the molecule is COC(O)[C@@H](O)[C@@H](O)[C@H](O)[C@H](O)C(O)Cc1ccccc1. The van der Waals surface area contributed by atoms with Gasteiger partial charge in [0.25, 0.3) is 0 Å². The molecule has 0 saturated heterocycles. The lowest BCUT2D eigenvalue weighted by atomic mass is 9.95. The molecule has 0 aromatic heterocycles. The molecule has 0 spiro atoms. The van der Waals surface area contributed by atoms with Crippen molar-refractivity contribution in [3.8, 4) is 0 Å². The third-order valence-electron chi connectivity index (χ3n) is 3.27. The number of hydrogen-bond donors (Lipinski definition) is 6. The maximum absolute atomic E-state index is 9.87. The minimum atomic E-state index is -1.87. The first kappa shape index (κ1) is 18.0. The molecule has 0 aliphatic carbocycles. The minimum Gasteiger partial charge on any atom is -0.390 e. The Morgan fingerprint density at radius 1 is 0.810 bits per heavy atom. The van der Waals surface area contributed by atoms with E-state index in [9.17, 15) is 30.6 Å². The molecule has 0 amide bonds. The quantitative estimate of drug-likeness (QED) is 0.306. The van der Waals surface area contributed by atoms with Gasteiger partial charge < -0.3 is 35.4 Å². The van der Waals surface area contributed by atoms with Gasteiger partial charge in [-0.25, -0.2) is 0 Å². The average Bonchev–Trinajstić information content (AvgIpc) is 2.52. The molecule has 0 radical (unpaired) electrons. The van der Waals surface area contributed by atoms with Crippen LogP contribution in [0.5, 0.6) is 0 Å². The summed E-state index contributed by atoms with van der Waals surface area (Å²) in [5, 5.41) is 57.8. The highest BCUT2D eigenvalue weighted by Gasteiger charge is 2.37. The second kappa shape index (κ2) is 8.40. The van der Waals surface area contributed by atoms with Crippen molar-refractivity contribution in [2.24, 2.45) is 0 Å². The molecule has 2 unspecified atom stereocenters. The van der Waals surface area contributed by atoms with Crippen LogP contribution in [0.15, 0.2) is 30.3 Å². The standard InChI is InChI=1S/C14H22O7/c1-21-14(20)13(19)12(18)11(17)10(16)9(15)7-8-5-3-2-4-6-8/h2-6,9-20H,7H2,1H3/t9?,10-,11-,12+,13+,14?/m1/s1. The average molecular weight is 302 g/mol. The molecule has 6 atom stereocenters. The zero-order valence-corrected chi connectivity index (χ0v) is 11.6. The maximum atomic E-state index is 9.87. The summed E-state index contributed by atoms with van der Waals surface area (Å²) in [5.41, 5.74) is 0.739. The Bertz CT molecular complexity index is 400. The summed E-state index contributed by atoms with van der Waals surface area (Å²) in [4.78, 5) is 0. The van der Waals surface area contributed by atoms with E-state index in [2.05, 4.69) is 4.74 Å². The topological polar surface area (TPSA) is 131 Å². The predicted octanol–water partition coefficient (Wildman–Crippen LogP) is -2.00. The smallest absolute Gasteiger partial charge is 0.183 e. The van der Waals surface area contributed by atoms with E-state index < -0.39 is 36.8 Å². The molecule has 1 aromatic carbocycles. The maximum Gasteiger partial charge on any atom is 0.183 e. The van der Waals surface area contributed by atoms with Crippen LogP contribution < -0.4 is 0 Å². The zero-order valence-electron chi connectivity index (χ0n) is 11.6. The van der Waals surface area contributed by atoms with Crippen molar-refractivity contribution >= 4 is 0 Å². The van der Waals surface area contributed by atoms with Crippen molar-refractivity contribution in [2.45, 2.75) is 43.2 Å². The summed E-state index contributed by atoms with van der Waals surface area (Å²) >= 11 is 0. The van der Waals surface area contributed by atoms with Crippen molar-refractivity contribution in [1.82, 2.24) is 0 Å². The molecule has 6 N–H and O–H groups in total. The van der Waals surface area contributed by atoms with E-state index in [1.54, 1.807) is 30.3 Å². The highest BCUT2D eigenvalue weighted by Crippen LogP contribution is 2.14. The summed E-state index contributed by atoms with van der Waals surface area (Å²) in [7, 11) is 1.10. The first-order valence-corrected chi connectivity index (χ1v) is 6.53. The van der Waals surface area contributed by atoms with Gasteiger partial charge in [0.15, 0.2) is 6.29 Å². The number of hydrogen-bond acceptors (Lipinski definition) is 7. The summed E-state index contributed by atoms with van der Waals surface area (Å²) < 4.78 is 4.41. The van der Waals surface area contributed by atoms with Gasteiger partial charge >= 0.3 is 0 Å². The largest absolute Gasteiger partial charge is 0.390 e. The van der Waals surface area contributed by atoms with Crippen LogP contribution in [-0.2, 0) is 11.2 Å². The van der Waals surface area contributed by atoms with E-state index in [0.717, 1.165) is 12.7 Å². The third-order valence-corrected chi connectivity index (χ3v) is 3.27. The van der Waals surface area contributed by atoms with Gasteiger partial charge in [-0.05, 0) is 5.56 Å². The molecule has 1 rings (SSSR count). The number of ether oxygens (including phenoxy) is 1. The minimum absolute atomic E-state index is 0.0642. The molecule has 7 nitrogen and oxygen atoms in total. The summed E-state index contributed by atoms with van der Waals surface area (Å²) in [6.07, 6.45) is -10.2. The van der Waals surface area contributed by atoms with Crippen LogP contribution in [0.4, 0.5) is 0 Å².